The van der Waals surface area contributed by atoms with Gasteiger partial charge in [-0.2, -0.15) is 0 Å². The Morgan fingerprint density at radius 1 is 0.833 bits per heavy atom. The van der Waals surface area contributed by atoms with Gasteiger partial charge in [0.2, 0.25) is 0 Å². The van der Waals surface area contributed by atoms with Gasteiger partial charge in [-0.05, 0) is 51.5 Å². The molecule has 1 aliphatic heterocycles. The molecule has 0 spiro atoms. The van der Waals surface area contributed by atoms with Gasteiger partial charge in [-0.3, -0.25) is 0 Å². The molecule has 0 radical (unpaired) electrons. The fourth-order valence-electron chi connectivity index (χ4n) is 5.82. The SMILES string of the molecule is C=C(CC(CC=O)CC=C=O)OCC1CCCCCN1C(=O)OC(CCC)CNC.CCC=O.CCCCCCCCOC.CCCCCCCCOC. The number of aldehydes is 2. The van der Waals surface area contributed by atoms with E-state index in [-0.39, 0.29) is 24.2 Å². The number of amides is 1. The first kappa shape index (κ1) is 55.8. The van der Waals surface area contributed by atoms with Crippen molar-refractivity contribution >= 4 is 24.6 Å². The zero-order valence-electron chi connectivity index (χ0n) is 36.0. The monoisotopic (exact) mass is 769 g/mol. The Kier molecular flexibility index (Phi) is 48.2. The van der Waals surface area contributed by atoms with Crippen molar-refractivity contribution in [3.8, 4) is 0 Å². The maximum Gasteiger partial charge on any atom is 0.410 e. The minimum Gasteiger partial charge on any atom is -0.496 e. The number of allylic oxidation sites excluding steroid dienone is 2. The topological polar surface area (TPSA) is 120 Å². The van der Waals surface area contributed by atoms with Crippen molar-refractivity contribution in [3.63, 3.8) is 0 Å². The lowest BCUT2D eigenvalue weighted by atomic mass is 9.97. The summed E-state index contributed by atoms with van der Waals surface area (Å²) in [5, 5.41) is 3.08. The molecule has 1 aliphatic rings. The number of likely N-dealkylation sites (N-methyl/N-ethyl adjacent to an activating group) is 1. The molecule has 3 unspecified atom stereocenters. The fraction of sp³-hybridized carbons (Fsp3) is 0.841. The molecule has 0 aromatic heterocycles. The second kappa shape index (κ2) is 46.6. The summed E-state index contributed by atoms with van der Waals surface area (Å²) in [6.07, 6.45) is 26.5. The van der Waals surface area contributed by atoms with E-state index >= 15 is 0 Å². The highest BCUT2D eigenvalue weighted by Gasteiger charge is 2.29. The molecule has 318 valence electrons. The minimum absolute atomic E-state index is 0.0250. The van der Waals surface area contributed by atoms with Crippen LogP contribution in [0.2, 0.25) is 0 Å². The number of unbranched alkanes of at least 4 members (excludes halogenated alkanes) is 10. The molecule has 1 saturated heterocycles. The minimum atomic E-state index is -0.278. The summed E-state index contributed by atoms with van der Waals surface area (Å²) in [6.45, 7) is 15.9. The summed E-state index contributed by atoms with van der Waals surface area (Å²) in [7, 11) is 5.39. The summed E-state index contributed by atoms with van der Waals surface area (Å²) in [6, 6.07) is -0.0620. The highest BCUT2D eigenvalue weighted by molar-refractivity contribution is 5.68. The normalized spacial score (nSPS) is 14.5. The number of hydrogen-bond acceptors (Lipinski definition) is 9. The molecule has 0 aliphatic carbocycles. The van der Waals surface area contributed by atoms with Crippen molar-refractivity contribution < 1.29 is 38.1 Å². The molecule has 1 rings (SSSR count). The Bertz CT molecular complexity index is 843. The maximum absolute atomic E-state index is 12.9. The Labute approximate surface area is 331 Å². The van der Waals surface area contributed by atoms with Crippen LogP contribution in [0.1, 0.15) is 169 Å². The van der Waals surface area contributed by atoms with Crippen LogP contribution < -0.4 is 5.32 Å². The number of nitrogens with zero attached hydrogens (tertiary/aromatic N) is 1. The second-order valence-corrected chi connectivity index (χ2v) is 14.0. The van der Waals surface area contributed by atoms with Crippen LogP contribution in [0.5, 0.6) is 0 Å². The van der Waals surface area contributed by atoms with Crippen LogP contribution in [-0.4, -0.2) is 95.8 Å². The van der Waals surface area contributed by atoms with Crippen LogP contribution in [0.3, 0.4) is 0 Å². The number of nitrogens with one attached hydrogen (secondary N) is 1. The second-order valence-electron chi connectivity index (χ2n) is 14.0. The molecule has 1 amide bonds. The smallest absolute Gasteiger partial charge is 0.410 e. The number of hydrogen-bond donors (Lipinski definition) is 1. The molecule has 1 fully saturated rings. The van der Waals surface area contributed by atoms with Crippen LogP contribution in [0.15, 0.2) is 18.4 Å². The molecule has 10 heteroatoms. The van der Waals surface area contributed by atoms with E-state index in [1.165, 1.54) is 83.1 Å². The molecule has 0 aromatic rings. The molecule has 10 nitrogen and oxygen atoms in total. The average Bonchev–Trinajstić information content (AvgIpc) is 3.42. The van der Waals surface area contributed by atoms with Crippen molar-refractivity contribution in [2.45, 2.75) is 181 Å². The predicted octanol–water partition coefficient (Wildman–Crippen LogP) is 10.2. The van der Waals surface area contributed by atoms with E-state index in [0.29, 0.717) is 51.1 Å². The first-order valence-corrected chi connectivity index (χ1v) is 21.3. The Hall–Kier alpha value is -2.52. The molecule has 54 heavy (non-hydrogen) atoms. The average molecular weight is 769 g/mol. The summed E-state index contributed by atoms with van der Waals surface area (Å²) in [4.78, 5) is 45.1. The molecule has 1 heterocycles. The zero-order valence-corrected chi connectivity index (χ0v) is 36.0. The van der Waals surface area contributed by atoms with Crippen molar-refractivity contribution in [1.82, 2.24) is 10.2 Å². The standard InChI is InChI=1S/C23H38N2O5.2C9H20O.C3H6O/c1-4-9-22(17-24-3)30-23(28)25-13-7-5-6-11-21(25)18-29-19(2)16-20(12-15-27)10-8-14-26;2*1-3-4-5-6-7-8-9-10-2;1-2-3-4/h8,15,20-22,24H,2,4-7,9-13,16-18H2,1,3H3;2*3-9H2,1-2H3;3H,2H2,1H3. The van der Waals surface area contributed by atoms with E-state index in [1.807, 2.05) is 14.0 Å². The van der Waals surface area contributed by atoms with Crippen LogP contribution in [-0.2, 0) is 33.3 Å². The van der Waals surface area contributed by atoms with Crippen molar-refractivity contribution in [2.24, 2.45) is 5.92 Å². The highest BCUT2D eigenvalue weighted by atomic mass is 16.6. The third-order valence-electron chi connectivity index (χ3n) is 8.95. The maximum atomic E-state index is 12.9. The summed E-state index contributed by atoms with van der Waals surface area (Å²) >= 11 is 0. The van der Waals surface area contributed by atoms with Gasteiger partial charge in [0.05, 0.1) is 11.8 Å². The third kappa shape index (κ3) is 39.2. The van der Waals surface area contributed by atoms with Gasteiger partial charge in [-0.1, -0.05) is 118 Å². The van der Waals surface area contributed by atoms with Crippen LogP contribution in [0, 0.1) is 5.92 Å². The summed E-state index contributed by atoms with van der Waals surface area (Å²) in [5.41, 5.74) is 0. The van der Waals surface area contributed by atoms with Crippen LogP contribution in [0.4, 0.5) is 4.79 Å². The molecule has 0 bridgehead atoms. The van der Waals surface area contributed by atoms with Crippen molar-refractivity contribution in [2.75, 3.05) is 54.2 Å². The molecular weight excluding hydrogens is 684 g/mol. The van der Waals surface area contributed by atoms with Crippen LogP contribution in [0.25, 0.3) is 0 Å². The third-order valence-corrected chi connectivity index (χ3v) is 8.95. The molecule has 1 N–H and O–H groups in total. The number of likely N-dealkylation sites (tertiary alicyclic amines) is 1. The van der Waals surface area contributed by atoms with E-state index < -0.39 is 0 Å². The van der Waals surface area contributed by atoms with Gasteiger partial charge in [0.1, 0.15) is 31.2 Å². The first-order valence-electron chi connectivity index (χ1n) is 21.3. The Balaban J connectivity index is -0.000000877. The largest absolute Gasteiger partial charge is 0.496 e. The Morgan fingerprint density at radius 2 is 1.41 bits per heavy atom. The molecule has 0 saturated carbocycles. The molecule has 3 atom stereocenters. The summed E-state index contributed by atoms with van der Waals surface area (Å²) < 4.78 is 21.6. The molecule has 0 aromatic carbocycles. The zero-order chi connectivity index (χ0) is 40.9. The van der Waals surface area contributed by atoms with E-state index in [9.17, 15) is 19.2 Å². The van der Waals surface area contributed by atoms with Crippen molar-refractivity contribution in [1.29, 1.82) is 0 Å². The number of carbonyl (C=O) groups excluding carboxylic acids is 4. The number of rotatable bonds is 29. The quantitative estimate of drug-likeness (QED) is 0.0343. The Morgan fingerprint density at radius 3 is 1.89 bits per heavy atom. The van der Waals surface area contributed by atoms with E-state index in [2.05, 4.69) is 32.7 Å². The van der Waals surface area contributed by atoms with Gasteiger partial charge in [-0.25, -0.2) is 9.59 Å². The first-order chi connectivity index (χ1) is 26.3. The van der Waals surface area contributed by atoms with Crippen LogP contribution >= 0.6 is 0 Å². The van der Waals surface area contributed by atoms with Gasteiger partial charge in [0, 0.05) is 65.9 Å². The predicted molar refractivity (Wildman–Crippen MR) is 224 cm³/mol. The van der Waals surface area contributed by atoms with E-state index in [0.717, 1.165) is 64.3 Å². The van der Waals surface area contributed by atoms with Crippen molar-refractivity contribution in [3.05, 3.63) is 18.4 Å². The van der Waals surface area contributed by atoms with Gasteiger partial charge < -0.3 is 38.8 Å². The van der Waals surface area contributed by atoms with Gasteiger partial charge in [-0.15, -0.1) is 0 Å². The van der Waals surface area contributed by atoms with Gasteiger partial charge >= 0.3 is 6.09 Å². The lowest BCUT2D eigenvalue weighted by Crippen LogP contribution is -2.45. The molecular formula is C44H84N2O8. The highest BCUT2D eigenvalue weighted by Crippen LogP contribution is 2.23. The van der Waals surface area contributed by atoms with Gasteiger partial charge in [0.25, 0.3) is 0 Å². The number of ether oxygens (including phenoxy) is 4. The lowest BCUT2D eigenvalue weighted by molar-refractivity contribution is -0.109. The lowest BCUT2D eigenvalue weighted by Gasteiger charge is -2.31. The number of methoxy groups -OCH3 is 2. The van der Waals surface area contributed by atoms with Gasteiger partial charge in [0.15, 0.2) is 0 Å². The van der Waals surface area contributed by atoms with E-state index in [1.54, 1.807) is 25.1 Å². The van der Waals surface area contributed by atoms with E-state index in [4.69, 9.17) is 18.9 Å². The summed E-state index contributed by atoms with van der Waals surface area (Å²) in [5.74, 6) is 2.29. The number of carbonyl (C=O) groups is 3. The fourth-order valence-corrected chi connectivity index (χ4v) is 5.82.